The van der Waals surface area contributed by atoms with Crippen LogP contribution in [0.3, 0.4) is 0 Å². The molecule has 2 atom stereocenters. The number of rotatable bonds is 2. The molecule has 5 heteroatoms. The summed E-state index contributed by atoms with van der Waals surface area (Å²) in [5.74, 6) is 0. The lowest BCUT2D eigenvalue weighted by Gasteiger charge is -2.20. The van der Waals surface area contributed by atoms with Gasteiger partial charge in [0.1, 0.15) is 0 Å². The normalized spacial score (nSPS) is 28.8. The summed E-state index contributed by atoms with van der Waals surface area (Å²) in [6, 6.07) is 0. The predicted octanol–water partition coefficient (Wildman–Crippen LogP) is 1.74. The van der Waals surface area contributed by atoms with E-state index in [0.29, 0.717) is 13.2 Å². The summed E-state index contributed by atoms with van der Waals surface area (Å²) in [6.07, 6.45) is 6.77. The van der Waals surface area contributed by atoms with Crippen molar-refractivity contribution in [3.63, 3.8) is 0 Å². The van der Waals surface area contributed by atoms with Gasteiger partial charge in [-0.25, -0.2) is 4.79 Å². The molecule has 0 aromatic carbocycles. The van der Waals surface area contributed by atoms with Crippen LogP contribution in [0.25, 0.3) is 0 Å². The summed E-state index contributed by atoms with van der Waals surface area (Å²) in [6.45, 7) is 1.10. The first kappa shape index (κ1) is 11.2. The first-order valence-electron chi connectivity index (χ1n) is 5.28. The molecule has 16 heavy (non-hydrogen) atoms. The second kappa shape index (κ2) is 5.67. The van der Waals surface area contributed by atoms with Gasteiger partial charge in [-0.1, -0.05) is 12.2 Å². The van der Waals surface area contributed by atoms with Gasteiger partial charge in [0.25, 0.3) is 0 Å². The number of hydrogen-bond donors (Lipinski definition) is 0. The van der Waals surface area contributed by atoms with Gasteiger partial charge in [0.2, 0.25) is 12.6 Å². The molecule has 0 aromatic rings. The number of carbonyl (C=O) groups is 1. The fourth-order valence-electron chi connectivity index (χ4n) is 1.39. The smallest absolute Gasteiger partial charge is 0.400 e. The van der Waals surface area contributed by atoms with E-state index in [1.165, 1.54) is 0 Å². The maximum absolute atomic E-state index is 11.3. The molecule has 5 nitrogen and oxygen atoms in total. The van der Waals surface area contributed by atoms with Gasteiger partial charge >= 0.3 is 6.16 Å². The Bertz CT molecular complexity index is 269. The molecule has 0 saturated carbocycles. The summed E-state index contributed by atoms with van der Waals surface area (Å²) in [5, 5.41) is 0. The van der Waals surface area contributed by atoms with Gasteiger partial charge in [-0.15, -0.1) is 0 Å². The first-order chi connectivity index (χ1) is 7.84. The van der Waals surface area contributed by atoms with Crippen molar-refractivity contribution in [1.82, 2.24) is 0 Å². The minimum absolute atomic E-state index is 0.550. The van der Waals surface area contributed by atoms with Gasteiger partial charge in [0.15, 0.2) is 0 Å². The lowest BCUT2D eigenvalue weighted by Crippen LogP contribution is -2.27. The van der Waals surface area contributed by atoms with E-state index >= 15 is 0 Å². The highest BCUT2D eigenvalue weighted by Crippen LogP contribution is 2.10. The van der Waals surface area contributed by atoms with Crippen LogP contribution in [0.5, 0.6) is 0 Å². The van der Waals surface area contributed by atoms with Crippen molar-refractivity contribution < 1.29 is 23.7 Å². The monoisotopic (exact) mass is 226 g/mol. The highest BCUT2D eigenvalue weighted by atomic mass is 16.8. The Morgan fingerprint density at radius 1 is 1.00 bits per heavy atom. The number of ether oxygens (including phenoxy) is 4. The number of hydrogen-bond acceptors (Lipinski definition) is 5. The van der Waals surface area contributed by atoms with Crippen LogP contribution in [0, 0.1) is 0 Å². The average Bonchev–Trinajstić information content (AvgIpc) is 2.31. The molecule has 0 radical (unpaired) electrons. The van der Waals surface area contributed by atoms with E-state index in [-0.39, 0.29) is 0 Å². The molecule has 0 amide bonds. The summed E-state index contributed by atoms with van der Waals surface area (Å²) in [7, 11) is 0. The third-order valence-corrected chi connectivity index (χ3v) is 2.14. The zero-order valence-corrected chi connectivity index (χ0v) is 8.83. The fourth-order valence-corrected chi connectivity index (χ4v) is 1.39. The molecule has 0 aromatic heterocycles. The molecule has 0 aliphatic carbocycles. The molecule has 2 heterocycles. The molecule has 2 aliphatic rings. The van der Waals surface area contributed by atoms with Crippen LogP contribution in [-0.2, 0) is 18.9 Å². The van der Waals surface area contributed by atoms with E-state index in [0.717, 1.165) is 12.8 Å². The highest BCUT2D eigenvalue weighted by molar-refractivity contribution is 5.60. The van der Waals surface area contributed by atoms with Gasteiger partial charge in [0.05, 0.1) is 13.2 Å². The van der Waals surface area contributed by atoms with E-state index in [4.69, 9.17) is 18.9 Å². The van der Waals surface area contributed by atoms with Crippen LogP contribution < -0.4 is 0 Å². The van der Waals surface area contributed by atoms with Crippen molar-refractivity contribution in [2.24, 2.45) is 0 Å². The second-order valence-electron chi connectivity index (χ2n) is 3.40. The van der Waals surface area contributed by atoms with Crippen LogP contribution in [0.2, 0.25) is 0 Å². The molecule has 2 rings (SSSR count). The van der Waals surface area contributed by atoms with Crippen molar-refractivity contribution >= 4 is 6.16 Å². The molecule has 0 saturated heterocycles. The molecular weight excluding hydrogens is 212 g/mol. The van der Waals surface area contributed by atoms with Crippen molar-refractivity contribution in [3.05, 3.63) is 24.3 Å². The van der Waals surface area contributed by atoms with Crippen LogP contribution >= 0.6 is 0 Å². The zero-order chi connectivity index (χ0) is 11.2. The Kier molecular flexibility index (Phi) is 3.96. The summed E-state index contributed by atoms with van der Waals surface area (Å²) in [5.41, 5.74) is 0. The van der Waals surface area contributed by atoms with E-state index in [2.05, 4.69) is 0 Å². The average molecular weight is 226 g/mol. The van der Waals surface area contributed by atoms with Crippen molar-refractivity contribution in [2.75, 3.05) is 13.2 Å². The van der Waals surface area contributed by atoms with E-state index in [1.54, 1.807) is 12.2 Å². The van der Waals surface area contributed by atoms with Crippen molar-refractivity contribution in [2.45, 2.75) is 25.4 Å². The van der Waals surface area contributed by atoms with Gasteiger partial charge in [-0.05, 0) is 25.0 Å². The van der Waals surface area contributed by atoms with Gasteiger partial charge in [0, 0.05) is 0 Å². The van der Waals surface area contributed by atoms with Crippen LogP contribution in [0.4, 0.5) is 4.79 Å². The Morgan fingerprint density at radius 2 is 1.50 bits per heavy atom. The van der Waals surface area contributed by atoms with Crippen molar-refractivity contribution in [1.29, 1.82) is 0 Å². The van der Waals surface area contributed by atoms with E-state index < -0.39 is 18.7 Å². The van der Waals surface area contributed by atoms with E-state index in [1.807, 2.05) is 12.2 Å². The Hall–Kier alpha value is -1.33. The lowest BCUT2D eigenvalue weighted by atomic mass is 10.3. The molecule has 0 fully saturated rings. The van der Waals surface area contributed by atoms with Crippen LogP contribution in [0.15, 0.2) is 24.3 Å². The summed E-state index contributed by atoms with van der Waals surface area (Å²) in [4.78, 5) is 11.3. The third kappa shape index (κ3) is 3.36. The second-order valence-corrected chi connectivity index (χ2v) is 3.40. The van der Waals surface area contributed by atoms with Gasteiger partial charge in [-0.2, -0.15) is 0 Å². The third-order valence-electron chi connectivity index (χ3n) is 2.14. The maximum atomic E-state index is 11.3. The quantitative estimate of drug-likeness (QED) is 0.530. The molecule has 88 valence electrons. The molecule has 0 N–H and O–H groups in total. The first-order valence-corrected chi connectivity index (χ1v) is 5.28. The van der Waals surface area contributed by atoms with E-state index in [9.17, 15) is 4.79 Å². The fraction of sp³-hybridized carbons (Fsp3) is 0.545. The summed E-state index contributed by atoms with van der Waals surface area (Å²) >= 11 is 0. The molecule has 2 aliphatic heterocycles. The summed E-state index contributed by atoms with van der Waals surface area (Å²) < 4.78 is 20.2. The predicted molar refractivity (Wildman–Crippen MR) is 54.6 cm³/mol. The van der Waals surface area contributed by atoms with Crippen LogP contribution in [-0.4, -0.2) is 31.9 Å². The standard InChI is InChI=1S/C11H14O5/c12-11(15-9-5-1-3-7-13-9)16-10-6-2-4-8-14-10/h1-2,5-6,9-10H,3-4,7-8H2. The highest BCUT2D eigenvalue weighted by Gasteiger charge is 2.19. The Morgan fingerprint density at radius 3 is 1.88 bits per heavy atom. The maximum Gasteiger partial charge on any atom is 0.513 e. The van der Waals surface area contributed by atoms with Crippen LogP contribution in [0.1, 0.15) is 12.8 Å². The molecule has 0 spiro atoms. The van der Waals surface area contributed by atoms with Gasteiger partial charge in [-0.3, -0.25) is 0 Å². The topological polar surface area (TPSA) is 54.0 Å². The minimum atomic E-state index is -0.784. The Labute approximate surface area is 93.6 Å². The minimum Gasteiger partial charge on any atom is -0.400 e. The molecular formula is C11H14O5. The Balaban J connectivity index is 1.74. The SMILES string of the molecule is O=C(OC1C=CCCO1)OC1C=CCCO1. The lowest BCUT2D eigenvalue weighted by molar-refractivity contribution is -0.137. The molecule has 0 bridgehead atoms. The molecule has 2 unspecified atom stereocenters. The zero-order valence-electron chi connectivity index (χ0n) is 8.83. The number of carbonyl (C=O) groups excluding carboxylic acids is 1. The largest absolute Gasteiger partial charge is 0.513 e. The van der Waals surface area contributed by atoms with Gasteiger partial charge < -0.3 is 18.9 Å². The van der Waals surface area contributed by atoms with Crippen molar-refractivity contribution in [3.8, 4) is 0 Å².